The van der Waals surface area contributed by atoms with Crippen LogP contribution >= 0.6 is 11.3 Å². The van der Waals surface area contributed by atoms with Crippen LogP contribution in [0.25, 0.3) is 0 Å². The standard InChI is InChI=1S/C13H24N2O2S2/c1-5-14-9-11-8-12(10-18-11)19(16,17)15-7-6-13(2,3)4/h8,10,14-15H,5-7,9H2,1-4H3. The van der Waals surface area contributed by atoms with E-state index in [2.05, 4.69) is 30.8 Å². The Kier molecular flexibility index (Phi) is 5.98. The molecule has 19 heavy (non-hydrogen) atoms. The molecule has 0 atom stereocenters. The summed E-state index contributed by atoms with van der Waals surface area (Å²) in [6, 6.07) is 1.74. The van der Waals surface area contributed by atoms with Crippen molar-refractivity contribution < 1.29 is 8.42 Å². The van der Waals surface area contributed by atoms with Crippen LogP contribution in [-0.2, 0) is 16.6 Å². The number of hydrogen-bond donors (Lipinski definition) is 2. The van der Waals surface area contributed by atoms with E-state index in [1.807, 2.05) is 6.92 Å². The summed E-state index contributed by atoms with van der Waals surface area (Å²) in [6.45, 7) is 10.4. The highest BCUT2D eigenvalue weighted by Crippen LogP contribution is 2.20. The van der Waals surface area contributed by atoms with Crippen LogP contribution in [0.3, 0.4) is 0 Å². The van der Waals surface area contributed by atoms with E-state index >= 15 is 0 Å². The molecule has 2 N–H and O–H groups in total. The first kappa shape index (κ1) is 16.6. The molecule has 0 aromatic carbocycles. The summed E-state index contributed by atoms with van der Waals surface area (Å²) < 4.78 is 26.8. The molecular weight excluding hydrogens is 280 g/mol. The third-order valence-corrected chi connectivity index (χ3v) is 5.18. The van der Waals surface area contributed by atoms with E-state index in [0.717, 1.165) is 24.4 Å². The van der Waals surface area contributed by atoms with Gasteiger partial charge in [0.05, 0.1) is 4.90 Å². The largest absolute Gasteiger partial charge is 0.312 e. The quantitative estimate of drug-likeness (QED) is 0.814. The van der Waals surface area contributed by atoms with Crippen molar-refractivity contribution in [2.75, 3.05) is 13.1 Å². The molecular formula is C13H24N2O2S2. The Labute approximate surface area is 120 Å². The fraction of sp³-hybridized carbons (Fsp3) is 0.692. The monoisotopic (exact) mass is 304 g/mol. The maximum Gasteiger partial charge on any atom is 0.241 e. The van der Waals surface area contributed by atoms with Gasteiger partial charge in [0, 0.05) is 23.3 Å². The van der Waals surface area contributed by atoms with Crippen molar-refractivity contribution in [3.05, 3.63) is 16.3 Å². The first-order chi connectivity index (χ1) is 8.74. The van der Waals surface area contributed by atoms with Crippen LogP contribution in [0, 0.1) is 5.41 Å². The van der Waals surface area contributed by atoms with Crippen LogP contribution in [0.5, 0.6) is 0 Å². The van der Waals surface area contributed by atoms with Gasteiger partial charge in [0.2, 0.25) is 10.0 Å². The van der Waals surface area contributed by atoms with Crippen LogP contribution in [-0.4, -0.2) is 21.5 Å². The van der Waals surface area contributed by atoms with E-state index in [1.165, 1.54) is 11.3 Å². The number of thiophene rings is 1. The minimum Gasteiger partial charge on any atom is -0.312 e. The smallest absolute Gasteiger partial charge is 0.241 e. The van der Waals surface area contributed by atoms with Crippen molar-refractivity contribution >= 4 is 21.4 Å². The molecule has 0 saturated heterocycles. The molecule has 0 radical (unpaired) electrons. The van der Waals surface area contributed by atoms with E-state index < -0.39 is 10.0 Å². The second-order valence-electron chi connectivity index (χ2n) is 5.74. The van der Waals surface area contributed by atoms with Gasteiger partial charge in [-0.3, -0.25) is 0 Å². The Hall–Kier alpha value is -0.430. The first-order valence-electron chi connectivity index (χ1n) is 6.52. The minimum absolute atomic E-state index is 0.132. The van der Waals surface area contributed by atoms with Crippen molar-refractivity contribution in [3.63, 3.8) is 0 Å². The second-order valence-corrected chi connectivity index (χ2v) is 8.50. The Balaban J connectivity index is 2.59. The van der Waals surface area contributed by atoms with Crippen molar-refractivity contribution in [3.8, 4) is 0 Å². The van der Waals surface area contributed by atoms with Gasteiger partial charge in [0.25, 0.3) is 0 Å². The zero-order valence-electron chi connectivity index (χ0n) is 12.1. The summed E-state index contributed by atoms with van der Waals surface area (Å²) in [5.41, 5.74) is 0.132. The molecule has 1 rings (SSSR count). The molecule has 110 valence electrons. The Morgan fingerprint density at radius 1 is 1.32 bits per heavy atom. The highest BCUT2D eigenvalue weighted by atomic mass is 32.2. The van der Waals surface area contributed by atoms with Gasteiger partial charge in [0.15, 0.2) is 0 Å². The van der Waals surface area contributed by atoms with E-state index in [0.29, 0.717) is 11.4 Å². The van der Waals surface area contributed by atoms with E-state index in [-0.39, 0.29) is 5.41 Å². The summed E-state index contributed by atoms with van der Waals surface area (Å²) >= 11 is 1.47. The normalized spacial score (nSPS) is 12.8. The lowest BCUT2D eigenvalue weighted by molar-refractivity contribution is 0.378. The van der Waals surface area contributed by atoms with Gasteiger partial charge in [-0.25, -0.2) is 13.1 Å². The summed E-state index contributed by atoms with van der Waals surface area (Å²) in [4.78, 5) is 1.41. The lowest BCUT2D eigenvalue weighted by Crippen LogP contribution is -2.27. The second kappa shape index (κ2) is 6.83. The Morgan fingerprint density at radius 2 is 2.00 bits per heavy atom. The van der Waals surface area contributed by atoms with Crippen molar-refractivity contribution in [1.29, 1.82) is 0 Å². The molecule has 4 nitrogen and oxygen atoms in total. The molecule has 0 saturated carbocycles. The summed E-state index contributed by atoms with van der Waals surface area (Å²) in [5, 5.41) is 4.89. The average molecular weight is 304 g/mol. The summed E-state index contributed by atoms with van der Waals surface area (Å²) in [7, 11) is -3.35. The van der Waals surface area contributed by atoms with E-state index in [1.54, 1.807) is 11.4 Å². The van der Waals surface area contributed by atoms with Crippen LogP contribution in [0.15, 0.2) is 16.3 Å². The van der Waals surface area contributed by atoms with Gasteiger partial charge in [0.1, 0.15) is 0 Å². The van der Waals surface area contributed by atoms with E-state index in [9.17, 15) is 8.42 Å². The SMILES string of the molecule is CCNCc1cc(S(=O)(=O)NCCC(C)(C)C)cs1. The van der Waals surface area contributed by atoms with Crippen LogP contribution in [0.2, 0.25) is 0 Å². The molecule has 0 unspecified atom stereocenters. The number of hydrogen-bond acceptors (Lipinski definition) is 4. The fourth-order valence-corrected chi connectivity index (χ4v) is 3.76. The van der Waals surface area contributed by atoms with Crippen LogP contribution < -0.4 is 10.0 Å². The zero-order valence-corrected chi connectivity index (χ0v) is 13.7. The molecule has 1 heterocycles. The Bertz CT molecular complexity index is 487. The third kappa shape index (κ3) is 6.03. The Morgan fingerprint density at radius 3 is 2.58 bits per heavy atom. The van der Waals surface area contributed by atoms with Crippen LogP contribution in [0.4, 0.5) is 0 Å². The molecule has 0 amide bonds. The topological polar surface area (TPSA) is 58.2 Å². The highest BCUT2D eigenvalue weighted by molar-refractivity contribution is 7.89. The van der Waals surface area contributed by atoms with Gasteiger partial charge in [-0.05, 0) is 24.4 Å². The summed E-state index contributed by atoms with van der Waals surface area (Å²) in [6.07, 6.45) is 0.820. The van der Waals surface area contributed by atoms with Crippen molar-refractivity contribution in [2.24, 2.45) is 5.41 Å². The third-order valence-electron chi connectivity index (χ3n) is 2.66. The van der Waals surface area contributed by atoms with Crippen molar-refractivity contribution in [2.45, 2.75) is 45.6 Å². The lowest BCUT2D eigenvalue weighted by atomic mass is 9.93. The van der Waals surface area contributed by atoms with E-state index in [4.69, 9.17) is 0 Å². The molecule has 1 aromatic heterocycles. The van der Waals surface area contributed by atoms with Gasteiger partial charge >= 0.3 is 0 Å². The maximum absolute atomic E-state index is 12.1. The first-order valence-corrected chi connectivity index (χ1v) is 8.89. The maximum atomic E-state index is 12.1. The minimum atomic E-state index is -3.35. The van der Waals surface area contributed by atoms with Gasteiger partial charge in [-0.1, -0.05) is 27.7 Å². The molecule has 0 aliphatic carbocycles. The molecule has 0 spiro atoms. The molecule has 0 aliphatic heterocycles. The van der Waals surface area contributed by atoms with Gasteiger partial charge in [-0.2, -0.15) is 0 Å². The van der Waals surface area contributed by atoms with Gasteiger partial charge in [-0.15, -0.1) is 11.3 Å². The predicted molar refractivity (Wildman–Crippen MR) is 81.0 cm³/mol. The zero-order chi connectivity index (χ0) is 14.5. The van der Waals surface area contributed by atoms with Crippen molar-refractivity contribution in [1.82, 2.24) is 10.0 Å². The highest BCUT2D eigenvalue weighted by Gasteiger charge is 2.17. The number of nitrogens with one attached hydrogen (secondary N) is 2. The predicted octanol–water partition coefficient (Wildman–Crippen LogP) is 2.57. The summed E-state index contributed by atoms with van der Waals surface area (Å²) in [5.74, 6) is 0. The number of rotatable bonds is 7. The molecule has 0 aliphatic rings. The molecule has 0 bridgehead atoms. The average Bonchev–Trinajstić information content (AvgIpc) is 2.73. The fourth-order valence-electron chi connectivity index (χ4n) is 1.49. The molecule has 0 fully saturated rings. The van der Waals surface area contributed by atoms with Crippen LogP contribution in [0.1, 0.15) is 39.0 Å². The van der Waals surface area contributed by atoms with Gasteiger partial charge < -0.3 is 5.32 Å². The molecule has 6 heteroatoms. The lowest BCUT2D eigenvalue weighted by Gasteiger charge is -2.17. The number of sulfonamides is 1. The molecule has 1 aromatic rings.